The van der Waals surface area contributed by atoms with Crippen LogP contribution < -0.4 is 11.5 Å². The maximum atomic E-state index is 11.5. The maximum absolute atomic E-state index is 11.5. The molecule has 0 radical (unpaired) electrons. The van der Waals surface area contributed by atoms with Gasteiger partial charge < -0.3 is 21.5 Å². The van der Waals surface area contributed by atoms with Crippen molar-refractivity contribution in [3.8, 4) is 0 Å². The monoisotopic (exact) mass is 273 g/mol. The Bertz CT molecular complexity index is 356. The van der Waals surface area contributed by atoms with Crippen LogP contribution in [0, 0.1) is 0 Å². The molecular formula is C11H19N3O5. The van der Waals surface area contributed by atoms with Gasteiger partial charge in [0.2, 0.25) is 11.8 Å². The SMILES string of the molecule is NCCN(CCCC(=O)CC(N)=O)C(=O)CC(=O)O. The highest BCUT2D eigenvalue weighted by atomic mass is 16.4. The minimum Gasteiger partial charge on any atom is -0.481 e. The molecule has 0 rings (SSSR count). The summed E-state index contributed by atoms with van der Waals surface area (Å²) in [5.41, 5.74) is 10.2. The Morgan fingerprint density at radius 2 is 1.68 bits per heavy atom. The van der Waals surface area contributed by atoms with Crippen molar-refractivity contribution in [2.75, 3.05) is 19.6 Å². The summed E-state index contributed by atoms with van der Waals surface area (Å²) < 4.78 is 0. The quantitative estimate of drug-likeness (QED) is 0.412. The molecule has 0 aromatic carbocycles. The number of amides is 2. The van der Waals surface area contributed by atoms with Gasteiger partial charge in [0.05, 0.1) is 6.42 Å². The van der Waals surface area contributed by atoms with Crippen LogP contribution in [0.2, 0.25) is 0 Å². The molecule has 0 spiro atoms. The molecule has 19 heavy (non-hydrogen) atoms. The summed E-state index contributed by atoms with van der Waals surface area (Å²) in [5, 5.41) is 8.53. The molecule has 2 amide bonds. The number of carbonyl (C=O) groups is 4. The van der Waals surface area contributed by atoms with Gasteiger partial charge in [-0.15, -0.1) is 0 Å². The lowest BCUT2D eigenvalue weighted by molar-refractivity contribution is -0.144. The number of ketones is 1. The summed E-state index contributed by atoms with van der Waals surface area (Å²) in [5.74, 6) is -2.74. The minimum atomic E-state index is -1.21. The standard InChI is InChI=1S/C11H19N3O5/c12-3-5-14(10(17)7-11(18)19)4-1-2-8(15)6-9(13)16/h1-7,12H2,(H2,13,16)(H,18,19). The maximum Gasteiger partial charge on any atom is 0.312 e. The molecule has 0 atom stereocenters. The van der Waals surface area contributed by atoms with Crippen LogP contribution in [0.15, 0.2) is 0 Å². The fourth-order valence-electron chi connectivity index (χ4n) is 1.51. The Kier molecular flexibility index (Phi) is 8.10. The summed E-state index contributed by atoms with van der Waals surface area (Å²) in [6.45, 7) is 0.671. The molecule has 108 valence electrons. The van der Waals surface area contributed by atoms with Crippen molar-refractivity contribution in [1.29, 1.82) is 0 Å². The number of nitrogens with two attached hydrogens (primary N) is 2. The minimum absolute atomic E-state index is 0.115. The Hall–Kier alpha value is -1.96. The van der Waals surface area contributed by atoms with Gasteiger partial charge in [0, 0.05) is 26.1 Å². The van der Waals surface area contributed by atoms with Crippen LogP contribution in [0.4, 0.5) is 0 Å². The molecule has 0 aliphatic rings. The van der Waals surface area contributed by atoms with E-state index in [4.69, 9.17) is 16.6 Å². The van der Waals surface area contributed by atoms with E-state index in [0.717, 1.165) is 0 Å². The van der Waals surface area contributed by atoms with E-state index < -0.39 is 24.2 Å². The van der Waals surface area contributed by atoms with Crippen molar-refractivity contribution in [3.63, 3.8) is 0 Å². The van der Waals surface area contributed by atoms with Crippen molar-refractivity contribution in [2.24, 2.45) is 11.5 Å². The molecule has 0 bridgehead atoms. The number of carboxylic acids is 1. The van der Waals surface area contributed by atoms with Gasteiger partial charge >= 0.3 is 5.97 Å². The largest absolute Gasteiger partial charge is 0.481 e. The first-order valence-corrected chi connectivity index (χ1v) is 5.86. The van der Waals surface area contributed by atoms with E-state index in [0.29, 0.717) is 6.42 Å². The summed E-state index contributed by atoms with van der Waals surface area (Å²) in [7, 11) is 0. The van der Waals surface area contributed by atoms with E-state index in [9.17, 15) is 19.2 Å². The average molecular weight is 273 g/mol. The lowest BCUT2D eigenvalue weighted by Crippen LogP contribution is -2.37. The van der Waals surface area contributed by atoms with Gasteiger partial charge in [-0.3, -0.25) is 19.2 Å². The predicted molar refractivity (Wildman–Crippen MR) is 65.9 cm³/mol. The summed E-state index contributed by atoms with van der Waals surface area (Å²) in [6, 6.07) is 0. The predicted octanol–water partition coefficient (Wildman–Crippen LogP) is -1.53. The zero-order valence-corrected chi connectivity index (χ0v) is 10.6. The second kappa shape index (κ2) is 9.03. The first-order valence-electron chi connectivity index (χ1n) is 5.86. The number of aliphatic carboxylic acids is 1. The molecule has 8 nitrogen and oxygen atoms in total. The number of hydrogen-bond donors (Lipinski definition) is 3. The smallest absolute Gasteiger partial charge is 0.312 e. The highest BCUT2D eigenvalue weighted by molar-refractivity contribution is 5.97. The summed E-state index contributed by atoms with van der Waals surface area (Å²) >= 11 is 0. The summed E-state index contributed by atoms with van der Waals surface area (Å²) in [6.07, 6.45) is -0.461. The fourth-order valence-corrected chi connectivity index (χ4v) is 1.51. The zero-order chi connectivity index (χ0) is 14.8. The molecule has 0 saturated carbocycles. The first-order chi connectivity index (χ1) is 8.86. The number of rotatable bonds is 10. The molecule has 0 aromatic rings. The molecular weight excluding hydrogens is 254 g/mol. The van der Waals surface area contributed by atoms with Gasteiger partial charge in [0.1, 0.15) is 12.2 Å². The third-order valence-corrected chi connectivity index (χ3v) is 2.31. The van der Waals surface area contributed by atoms with E-state index >= 15 is 0 Å². The van der Waals surface area contributed by atoms with Gasteiger partial charge in [-0.2, -0.15) is 0 Å². The normalized spacial score (nSPS) is 9.95. The van der Waals surface area contributed by atoms with Gasteiger partial charge in [-0.25, -0.2) is 0 Å². The van der Waals surface area contributed by atoms with Crippen LogP contribution in [0.3, 0.4) is 0 Å². The third kappa shape index (κ3) is 8.72. The van der Waals surface area contributed by atoms with Crippen molar-refractivity contribution >= 4 is 23.6 Å². The van der Waals surface area contributed by atoms with Gasteiger partial charge in [-0.05, 0) is 6.42 Å². The Morgan fingerprint density at radius 3 is 2.16 bits per heavy atom. The van der Waals surface area contributed by atoms with Crippen molar-refractivity contribution in [3.05, 3.63) is 0 Å². The summed E-state index contributed by atoms with van der Waals surface area (Å²) in [4.78, 5) is 45.0. The second-order valence-corrected chi connectivity index (χ2v) is 4.03. The highest BCUT2D eigenvalue weighted by Gasteiger charge is 2.16. The lowest BCUT2D eigenvalue weighted by Gasteiger charge is -2.21. The fraction of sp³-hybridized carbons (Fsp3) is 0.636. The van der Waals surface area contributed by atoms with Crippen LogP contribution in [-0.2, 0) is 19.2 Å². The average Bonchev–Trinajstić information content (AvgIpc) is 2.25. The topological polar surface area (TPSA) is 144 Å². The van der Waals surface area contributed by atoms with Crippen LogP contribution in [0.5, 0.6) is 0 Å². The number of hydrogen-bond acceptors (Lipinski definition) is 5. The Morgan fingerprint density at radius 1 is 1.05 bits per heavy atom. The molecule has 0 saturated heterocycles. The Labute approximate surface area is 110 Å². The molecule has 0 heterocycles. The molecule has 0 aromatic heterocycles. The number of nitrogens with zero attached hydrogens (tertiary/aromatic N) is 1. The van der Waals surface area contributed by atoms with Crippen molar-refractivity contribution in [2.45, 2.75) is 25.7 Å². The first kappa shape index (κ1) is 17.0. The number of carbonyl (C=O) groups excluding carboxylic acids is 3. The van der Waals surface area contributed by atoms with E-state index in [1.54, 1.807) is 0 Å². The molecule has 0 aliphatic carbocycles. The zero-order valence-electron chi connectivity index (χ0n) is 10.6. The third-order valence-electron chi connectivity index (χ3n) is 2.31. The molecule has 8 heteroatoms. The lowest BCUT2D eigenvalue weighted by atomic mass is 10.1. The van der Waals surface area contributed by atoms with Gasteiger partial charge in [0.25, 0.3) is 0 Å². The van der Waals surface area contributed by atoms with Crippen LogP contribution in [0.1, 0.15) is 25.7 Å². The number of carboxylic acid groups (broad SMARTS) is 1. The van der Waals surface area contributed by atoms with Crippen molar-refractivity contribution < 1.29 is 24.3 Å². The highest BCUT2D eigenvalue weighted by Crippen LogP contribution is 2.01. The van der Waals surface area contributed by atoms with Gasteiger partial charge in [-0.1, -0.05) is 0 Å². The molecule has 0 aliphatic heterocycles. The van der Waals surface area contributed by atoms with Gasteiger partial charge in [0.15, 0.2) is 0 Å². The van der Waals surface area contributed by atoms with Crippen molar-refractivity contribution in [1.82, 2.24) is 4.90 Å². The van der Waals surface area contributed by atoms with E-state index in [1.807, 2.05) is 0 Å². The number of primary amides is 1. The van der Waals surface area contributed by atoms with E-state index in [1.165, 1.54) is 4.90 Å². The number of Topliss-reactive ketones (excluding diaryl/α,β-unsaturated/α-hetero) is 1. The molecule has 5 N–H and O–H groups in total. The molecule has 0 unspecified atom stereocenters. The molecule has 0 fully saturated rings. The van der Waals surface area contributed by atoms with Crippen LogP contribution in [-0.4, -0.2) is 53.2 Å². The van der Waals surface area contributed by atoms with Crippen LogP contribution in [0.25, 0.3) is 0 Å². The van der Waals surface area contributed by atoms with Crippen LogP contribution >= 0.6 is 0 Å². The van der Waals surface area contributed by atoms with E-state index in [2.05, 4.69) is 0 Å². The Balaban J connectivity index is 4.14. The second-order valence-electron chi connectivity index (χ2n) is 4.03. The van der Waals surface area contributed by atoms with E-state index in [-0.39, 0.29) is 38.3 Å².